The van der Waals surface area contributed by atoms with Crippen molar-refractivity contribution in [2.45, 2.75) is 26.4 Å². The van der Waals surface area contributed by atoms with E-state index >= 15 is 0 Å². The van der Waals surface area contributed by atoms with E-state index in [4.69, 9.17) is 9.84 Å². The third kappa shape index (κ3) is 5.48. The highest BCUT2D eigenvalue weighted by molar-refractivity contribution is 5.37. The van der Waals surface area contributed by atoms with Crippen LogP contribution in [0.1, 0.15) is 30.9 Å². The molecule has 0 fully saturated rings. The molecule has 3 heteroatoms. The van der Waals surface area contributed by atoms with Gasteiger partial charge in [0.15, 0.2) is 0 Å². The number of benzene rings is 1. The number of rotatable bonds is 5. The van der Waals surface area contributed by atoms with Gasteiger partial charge in [0.2, 0.25) is 0 Å². The second-order valence-electron chi connectivity index (χ2n) is 3.71. The van der Waals surface area contributed by atoms with Crippen molar-refractivity contribution in [3.8, 4) is 11.8 Å². The molecule has 1 N–H and O–H groups in total. The van der Waals surface area contributed by atoms with Crippen LogP contribution >= 0.6 is 0 Å². The summed E-state index contributed by atoms with van der Waals surface area (Å²) in [5.74, 6) is 4.85. The van der Waals surface area contributed by atoms with Crippen LogP contribution in [0, 0.1) is 17.7 Å². The molecule has 0 radical (unpaired) electrons. The van der Waals surface area contributed by atoms with Crippen LogP contribution in [0.25, 0.3) is 0 Å². The Morgan fingerprint density at radius 1 is 1.35 bits per heavy atom. The van der Waals surface area contributed by atoms with Crippen LogP contribution in [0.5, 0.6) is 0 Å². The number of hydrogen-bond acceptors (Lipinski definition) is 2. The van der Waals surface area contributed by atoms with Crippen LogP contribution in [0.3, 0.4) is 0 Å². The fraction of sp³-hybridized carbons (Fsp3) is 0.429. The fourth-order valence-electron chi connectivity index (χ4n) is 1.38. The van der Waals surface area contributed by atoms with Gasteiger partial charge in [-0.25, -0.2) is 4.39 Å². The molecular weight excluding hydrogens is 219 g/mol. The lowest BCUT2D eigenvalue weighted by Crippen LogP contribution is -1.96. The summed E-state index contributed by atoms with van der Waals surface area (Å²) in [4.78, 5) is 0. The average molecular weight is 236 g/mol. The summed E-state index contributed by atoms with van der Waals surface area (Å²) in [7, 11) is 0. The molecule has 0 aliphatic carbocycles. The van der Waals surface area contributed by atoms with Crippen molar-refractivity contribution in [1.82, 2.24) is 0 Å². The van der Waals surface area contributed by atoms with Crippen LogP contribution in [0.4, 0.5) is 4.39 Å². The van der Waals surface area contributed by atoms with E-state index in [0.717, 1.165) is 18.4 Å². The predicted molar refractivity (Wildman–Crippen MR) is 64.9 cm³/mol. The third-order valence-corrected chi connectivity index (χ3v) is 2.18. The maximum Gasteiger partial charge on any atom is 0.124 e. The fourth-order valence-corrected chi connectivity index (χ4v) is 1.38. The highest BCUT2D eigenvalue weighted by Crippen LogP contribution is 2.10. The van der Waals surface area contributed by atoms with Gasteiger partial charge < -0.3 is 9.84 Å². The molecule has 92 valence electrons. The summed E-state index contributed by atoms with van der Waals surface area (Å²) in [6, 6.07) is 4.56. The van der Waals surface area contributed by atoms with E-state index in [-0.39, 0.29) is 12.4 Å². The van der Waals surface area contributed by atoms with Crippen LogP contribution in [-0.4, -0.2) is 18.3 Å². The van der Waals surface area contributed by atoms with Crippen LogP contribution in [-0.2, 0) is 11.3 Å². The first-order valence-corrected chi connectivity index (χ1v) is 5.73. The number of hydrogen-bond donors (Lipinski definition) is 1. The Hall–Kier alpha value is -1.37. The van der Waals surface area contributed by atoms with Crippen molar-refractivity contribution in [1.29, 1.82) is 0 Å². The normalized spacial score (nSPS) is 9.82. The van der Waals surface area contributed by atoms with Crippen molar-refractivity contribution in [3.63, 3.8) is 0 Å². The molecule has 0 aromatic heterocycles. The standard InChI is InChI=1S/C14H17FO2/c1-2-3-7-17-11-13-8-12(5-4-6-16)9-14(15)10-13/h8-10,16H,2-3,6-7,11H2,1H3. The smallest absolute Gasteiger partial charge is 0.124 e. The Labute approximate surface area is 101 Å². The average Bonchev–Trinajstić information content (AvgIpc) is 2.31. The second-order valence-corrected chi connectivity index (χ2v) is 3.71. The minimum absolute atomic E-state index is 0.223. The van der Waals surface area contributed by atoms with Crippen LogP contribution in [0.15, 0.2) is 18.2 Å². The molecular formula is C14H17FO2. The highest BCUT2D eigenvalue weighted by atomic mass is 19.1. The van der Waals surface area contributed by atoms with E-state index in [0.29, 0.717) is 18.8 Å². The van der Waals surface area contributed by atoms with Gasteiger partial charge in [0.1, 0.15) is 12.4 Å². The molecule has 0 spiro atoms. The Balaban J connectivity index is 2.62. The molecule has 0 saturated heterocycles. The number of aliphatic hydroxyl groups is 1. The molecule has 0 atom stereocenters. The number of unbranched alkanes of at least 4 members (excludes halogenated alkanes) is 1. The molecule has 0 heterocycles. The topological polar surface area (TPSA) is 29.5 Å². The van der Waals surface area contributed by atoms with Crippen molar-refractivity contribution in [2.75, 3.05) is 13.2 Å². The summed E-state index contributed by atoms with van der Waals surface area (Å²) in [6.45, 7) is 2.95. The van der Waals surface area contributed by atoms with E-state index in [2.05, 4.69) is 18.8 Å². The quantitative estimate of drug-likeness (QED) is 0.628. The Morgan fingerprint density at radius 2 is 2.18 bits per heavy atom. The molecule has 17 heavy (non-hydrogen) atoms. The summed E-state index contributed by atoms with van der Waals surface area (Å²) in [5.41, 5.74) is 1.33. The third-order valence-electron chi connectivity index (χ3n) is 2.18. The van der Waals surface area contributed by atoms with Crippen molar-refractivity contribution in [3.05, 3.63) is 35.1 Å². The highest BCUT2D eigenvalue weighted by Gasteiger charge is 1.99. The number of halogens is 1. The molecule has 0 unspecified atom stereocenters. The lowest BCUT2D eigenvalue weighted by Gasteiger charge is -2.04. The minimum Gasteiger partial charge on any atom is -0.384 e. The molecule has 1 rings (SSSR count). The maximum atomic E-state index is 13.2. The van der Waals surface area contributed by atoms with E-state index in [1.807, 2.05) is 0 Å². The second kappa shape index (κ2) is 7.83. The number of ether oxygens (including phenoxy) is 1. The molecule has 0 aliphatic heterocycles. The van der Waals surface area contributed by atoms with Gasteiger partial charge in [-0.2, -0.15) is 0 Å². The zero-order valence-electron chi connectivity index (χ0n) is 10.0. The van der Waals surface area contributed by atoms with E-state index in [1.54, 1.807) is 6.07 Å². The van der Waals surface area contributed by atoms with Crippen molar-refractivity contribution < 1.29 is 14.2 Å². The summed E-state index contributed by atoms with van der Waals surface area (Å²) >= 11 is 0. The van der Waals surface area contributed by atoms with Crippen LogP contribution in [0.2, 0.25) is 0 Å². The van der Waals surface area contributed by atoms with Gasteiger partial charge in [0.25, 0.3) is 0 Å². The Kier molecular flexibility index (Phi) is 6.31. The molecule has 1 aromatic carbocycles. The van der Waals surface area contributed by atoms with E-state index < -0.39 is 0 Å². The van der Waals surface area contributed by atoms with Gasteiger partial charge in [0.05, 0.1) is 6.61 Å². The summed E-state index contributed by atoms with van der Waals surface area (Å²) in [6.07, 6.45) is 2.09. The van der Waals surface area contributed by atoms with Gasteiger partial charge in [-0.1, -0.05) is 25.2 Å². The molecule has 1 aromatic rings. The molecule has 0 amide bonds. The molecule has 0 bridgehead atoms. The van der Waals surface area contributed by atoms with Gasteiger partial charge in [-0.05, 0) is 30.2 Å². The van der Waals surface area contributed by atoms with Gasteiger partial charge >= 0.3 is 0 Å². The lowest BCUT2D eigenvalue weighted by atomic mass is 10.1. The maximum absolute atomic E-state index is 13.2. The summed E-state index contributed by atoms with van der Waals surface area (Å²) < 4.78 is 18.7. The molecule has 2 nitrogen and oxygen atoms in total. The van der Waals surface area contributed by atoms with Gasteiger partial charge in [-0.3, -0.25) is 0 Å². The van der Waals surface area contributed by atoms with Crippen LogP contribution < -0.4 is 0 Å². The largest absolute Gasteiger partial charge is 0.384 e. The Morgan fingerprint density at radius 3 is 2.88 bits per heavy atom. The first-order chi connectivity index (χ1) is 8.26. The number of aliphatic hydroxyl groups excluding tert-OH is 1. The SMILES string of the molecule is CCCCOCc1cc(F)cc(C#CCO)c1. The van der Waals surface area contributed by atoms with Gasteiger partial charge in [0, 0.05) is 12.2 Å². The Bertz CT molecular complexity index is 404. The predicted octanol–water partition coefficient (Wildman–Crippen LogP) is 2.49. The molecule has 0 saturated carbocycles. The first-order valence-electron chi connectivity index (χ1n) is 5.73. The monoisotopic (exact) mass is 236 g/mol. The van der Waals surface area contributed by atoms with E-state index in [1.165, 1.54) is 12.1 Å². The van der Waals surface area contributed by atoms with E-state index in [9.17, 15) is 4.39 Å². The van der Waals surface area contributed by atoms with Crippen molar-refractivity contribution in [2.24, 2.45) is 0 Å². The minimum atomic E-state index is -0.330. The zero-order chi connectivity index (χ0) is 12.5. The first kappa shape index (κ1) is 13.7. The lowest BCUT2D eigenvalue weighted by molar-refractivity contribution is 0.118. The molecule has 0 aliphatic rings. The van der Waals surface area contributed by atoms with Crippen molar-refractivity contribution >= 4 is 0 Å². The zero-order valence-corrected chi connectivity index (χ0v) is 10.0. The van der Waals surface area contributed by atoms with Gasteiger partial charge in [-0.15, -0.1) is 0 Å². The summed E-state index contributed by atoms with van der Waals surface area (Å²) in [5, 5.41) is 8.57.